The van der Waals surface area contributed by atoms with Gasteiger partial charge in [-0.2, -0.15) is 0 Å². The van der Waals surface area contributed by atoms with E-state index < -0.39 is 0 Å². The second kappa shape index (κ2) is 5.55. The Labute approximate surface area is 138 Å². The molecule has 1 aromatic heterocycles. The summed E-state index contributed by atoms with van der Waals surface area (Å²) in [7, 11) is 0. The van der Waals surface area contributed by atoms with Gasteiger partial charge < -0.3 is 19.5 Å². The molecule has 2 saturated heterocycles. The third-order valence-corrected chi connectivity index (χ3v) is 5.89. The monoisotopic (exact) mass is 317 g/mol. The molecule has 3 fully saturated rings. The molecule has 4 rings (SSSR count). The Balaban J connectivity index is 1.59. The van der Waals surface area contributed by atoms with E-state index in [2.05, 4.69) is 24.1 Å². The Bertz CT molecular complexity index is 555. The number of rotatable bonds is 3. The van der Waals surface area contributed by atoms with E-state index >= 15 is 0 Å². The van der Waals surface area contributed by atoms with E-state index in [9.17, 15) is 4.79 Å². The molecule has 3 aliphatic rings. The highest BCUT2D eigenvalue weighted by Gasteiger charge is 2.57. The average molecular weight is 317 g/mol. The number of fused-ring (bicyclic) bond motifs is 1. The molecule has 3 atom stereocenters. The molecule has 126 valence electrons. The lowest BCUT2D eigenvalue weighted by molar-refractivity contribution is 0.128. The van der Waals surface area contributed by atoms with Gasteiger partial charge in [0.2, 0.25) is 0 Å². The van der Waals surface area contributed by atoms with E-state index in [1.807, 2.05) is 17.0 Å². The van der Waals surface area contributed by atoms with Crippen molar-refractivity contribution in [1.29, 1.82) is 0 Å². The van der Waals surface area contributed by atoms with E-state index in [-0.39, 0.29) is 17.6 Å². The standard InChI is InChI=1S/C18H27N3O2/c1-13(2)21-17(22)20(11-15-6-4-8-23-15)12-18(21)9-14-5-3-7-19-16(14)10-18/h4,6,8,13-14,16,19H,3,5,7,9-12H2,1-2H3. The molecule has 23 heavy (non-hydrogen) atoms. The molecule has 5 nitrogen and oxygen atoms in total. The van der Waals surface area contributed by atoms with E-state index in [0.717, 1.165) is 37.6 Å². The molecule has 5 heteroatoms. The molecule has 1 spiro atoms. The van der Waals surface area contributed by atoms with Crippen LogP contribution in [0.3, 0.4) is 0 Å². The van der Waals surface area contributed by atoms with Crippen LogP contribution in [-0.4, -0.2) is 46.5 Å². The third kappa shape index (κ3) is 2.45. The van der Waals surface area contributed by atoms with Gasteiger partial charge in [0.15, 0.2) is 0 Å². The number of hydrogen-bond donors (Lipinski definition) is 1. The van der Waals surface area contributed by atoms with Gasteiger partial charge in [0.25, 0.3) is 0 Å². The summed E-state index contributed by atoms with van der Waals surface area (Å²) >= 11 is 0. The summed E-state index contributed by atoms with van der Waals surface area (Å²) in [4.78, 5) is 17.2. The molecular formula is C18H27N3O2. The minimum absolute atomic E-state index is 0.00448. The second-order valence-corrected chi connectivity index (χ2v) is 7.78. The largest absolute Gasteiger partial charge is 0.467 e. The molecule has 0 radical (unpaired) electrons. The van der Waals surface area contributed by atoms with Crippen LogP contribution in [0.5, 0.6) is 0 Å². The number of carbonyl (C=O) groups excluding carboxylic acids is 1. The van der Waals surface area contributed by atoms with Crippen LogP contribution in [0.15, 0.2) is 22.8 Å². The molecule has 1 aliphatic carbocycles. The topological polar surface area (TPSA) is 48.7 Å². The quantitative estimate of drug-likeness (QED) is 0.932. The van der Waals surface area contributed by atoms with Gasteiger partial charge in [-0.05, 0) is 64.1 Å². The first-order chi connectivity index (χ1) is 11.1. The van der Waals surface area contributed by atoms with E-state index in [0.29, 0.717) is 12.6 Å². The van der Waals surface area contributed by atoms with Gasteiger partial charge in [-0.15, -0.1) is 0 Å². The lowest BCUT2D eigenvalue weighted by Gasteiger charge is -2.36. The van der Waals surface area contributed by atoms with E-state index in [4.69, 9.17) is 4.42 Å². The smallest absolute Gasteiger partial charge is 0.321 e. The maximum atomic E-state index is 13.0. The molecule has 2 amide bonds. The Morgan fingerprint density at radius 1 is 1.43 bits per heavy atom. The van der Waals surface area contributed by atoms with Gasteiger partial charge >= 0.3 is 6.03 Å². The number of urea groups is 1. The van der Waals surface area contributed by atoms with Crippen molar-refractivity contribution in [3.05, 3.63) is 24.2 Å². The molecule has 1 saturated carbocycles. The van der Waals surface area contributed by atoms with Crippen molar-refractivity contribution in [2.45, 2.75) is 63.7 Å². The fourth-order valence-corrected chi connectivity index (χ4v) is 5.15. The van der Waals surface area contributed by atoms with Crippen molar-refractivity contribution < 1.29 is 9.21 Å². The molecule has 0 bridgehead atoms. The number of carbonyl (C=O) groups is 1. The summed E-state index contributed by atoms with van der Waals surface area (Å²) < 4.78 is 5.46. The summed E-state index contributed by atoms with van der Waals surface area (Å²) in [5, 5.41) is 3.69. The highest BCUT2D eigenvalue weighted by Crippen LogP contribution is 2.47. The fourth-order valence-electron chi connectivity index (χ4n) is 5.15. The van der Waals surface area contributed by atoms with Crippen molar-refractivity contribution in [2.24, 2.45) is 5.92 Å². The first-order valence-corrected chi connectivity index (χ1v) is 8.93. The number of amides is 2. The zero-order valence-corrected chi connectivity index (χ0v) is 14.1. The van der Waals surface area contributed by atoms with E-state index in [1.165, 1.54) is 12.8 Å². The number of furan rings is 1. The number of hydrogen-bond acceptors (Lipinski definition) is 3. The Morgan fingerprint density at radius 2 is 2.30 bits per heavy atom. The number of piperidine rings is 1. The summed E-state index contributed by atoms with van der Waals surface area (Å²) in [6.45, 7) is 6.83. The number of nitrogens with zero attached hydrogens (tertiary/aromatic N) is 2. The SMILES string of the molecule is CC(C)N1C(=O)N(Cc2ccco2)CC12CC1CCCNC1C2. The van der Waals surface area contributed by atoms with E-state index in [1.54, 1.807) is 6.26 Å². The molecule has 0 aromatic carbocycles. The molecule has 2 aliphatic heterocycles. The molecule has 3 heterocycles. The van der Waals surface area contributed by atoms with Crippen molar-refractivity contribution in [3.8, 4) is 0 Å². The van der Waals surface area contributed by atoms with Crippen LogP contribution in [0.2, 0.25) is 0 Å². The Kier molecular flexibility index (Phi) is 3.63. The Morgan fingerprint density at radius 3 is 3.00 bits per heavy atom. The van der Waals surface area contributed by atoms with Crippen LogP contribution >= 0.6 is 0 Å². The summed E-state index contributed by atoms with van der Waals surface area (Å²) in [5.41, 5.74) is 0.00448. The van der Waals surface area contributed by atoms with Crippen LogP contribution in [0.25, 0.3) is 0 Å². The van der Waals surface area contributed by atoms with Crippen LogP contribution in [0.1, 0.15) is 45.3 Å². The van der Waals surface area contributed by atoms with Gasteiger partial charge in [0.05, 0.1) is 18.3 Å². The maximum Gasteiger partial charge on any atom is 0.321 e. The molecule has 1 N–H and O–H groups in total. The average Bonchev–Trinajstić information content (AvgIpc) is 3.18. The zero-order chi connectivity index (χ0) is 16.0. The first kappa shape index (κ1) is 15.1. The summed E-state index contributed by atoms with van der Waals surface area (Å²) in [6.07, 6.45) is 6.49. The van der Waals surface area contributed by atoms with Gasteiger partial charge in [0, 0.05) is 18.6 Å². The molecular weight excluding hydrogens is 290 g/mol. The summed E-state index contributed by atoms with van der Waals surface area (Å²) in [5.74, 6) is 1.59. The van der Waals surface area contributed by atoms with Crippen LogP contribution in [0.4, 0.5) is 4.79 Å². The predicted molar refractivity (Wildman–Crippen MR) is 88.0 cm³/mol. The minimum atomic E-state index is 0.00448. The molecule has 1 aromatic rings. The van der Waals surface area contributed by atoms with Crippen LogP contribution in [0, 0.1) is 5.92 Å². The molecule has 3 unspecified atom stereocenters. The second-order valence-electron chi connectivity index (χ2n) is 7.78. The zero-order valence-electron chi connectivity index (χ0n) is 14.1. The van der Waals surface area contributed by atoms with Crippen molar-refractivity contribution >= 4 is 6.03 Å². The minimum Gasteiger partial charge on any atom is -0.467 e. The van der Waals surface area contributed by atoms with Crippen LogP contribution < -0.4 is 5.32 Å². The van der Waals surface area contributed by atoms with Crippen LogP contribution in [-0.2, 0) is 6.54 Å². The Hall–Kier alpha value is -1.49. The highest BCUT2D eigenvalue weighted by molar-refractivity contribution is 5.78. The third-order valence-electron chi connectivity index (χ3n) is 5.89. The van der Waals surface area contributed by atoms with Gasteiger partial charge in [0.1, 0.15) is 5.76 Å². The lowest BCUT2D eigenvalue weighted by Crippen LogP contribution is -2.49. The van der Waals surface area contributed by atoms with Crippen molar-refractivity contribution in [1.82, 2.24) is 15.1 Å². The predicted octanol–water partition coefficient (Wildman–Crippen LogP) is 2.83. The number of nitrogens with one attached hydrogen (secondary N) is 1. The van der Waals surface area contributed by atoms with Crippen molar-refractivity contribution in [2.75, 3.05) is 13.1 Å². The fraction of sp³-hybridized carbons (Fsp3) is 0.722. The highest BCUT2D eigenvalue weighted by atomic mass is 16.3. The first-order valence-electron chi connectivity index (χ1n) is 8.93. The normalized spacial score (nSPS) is 34.0. The van der Waals surface area contributed by atoms with Gasteiger partial charge in [-0.1, -0.05) is 0 Å². The van der Waals surface area contributed by atoms with Gasteiger partial charge in [-0.25, -0.2) is 4.79 Å². The maximum absolute atomic E-state index is 13.0. The summed E-state index contributed by atoms with van der Waals surface area (Å²) in [6, 6.07) is 4.84. The lowest BCUT2D eigenvalue weighted by atomic mass is 9.91. The van der Waals surface area contributed by atoms with Gasteiger partial charge in [-0.3, -0.25) is 0 Å². The van der Waals surface area contributed by atoms with Crippen molar-refractivity contribution in [3.63, 3.8) is 0 Å².